The first-order valence-electron chi connectivity index (χ1n) is 8.54. The summed E-state index contributed by atoms with van der Waals surface area (Å²) < 4.78 is 0. The van der Waals surface area contributed by atoms with Gasteiger partial charge in [0.15, 0.2) is 0 Å². The number of amides is 4. The highest BCUT2D eigenvalue weighted by Gasteiger charge is 2.07. The van der Waals surface area contributed by atoms with E-state index in [1.807, 2.05) is 10.6 Å². The van der Waals surface area contributed by atoms with E-state index in [0.717, 1.165) is 0 Å². The van der Waals surface area contributed by atoms with Gasteiger partial charge in [0.1, 0.15) is 0 Å². The molecule has 6 heteroatoms. The molecule has 0 spiro atoms. The molecule has 0 atom stereocenters. The molecule has 2 aromatic carbocycles. The number of carbonyl (C=O) groups is 4. The van der Waals surface area contributed by atoms with Gasteiger partial charge in [-0.1, -0.05) is 48.5 Å². The molecule has 4 amide bonds. The first-order valence-corrected chi connectivity index (χ1v) is 8.54. The van der Waals surface area contributed by atoms with Gasteiger partial charge in [-0.3, -0.25) is 29.8 Å². The molecule has 0 radical (unpaired) electrons. The van der Waals surface area contributed by atoms with Gasteiger partial charge in [0, 0.05) is 24.3 Å². The number of nitrogens with one attached hydrogen (secondary N) is 2. The van der Waals surface area contributed by atoms with Gasteiger partial charge in [0.2, 0.25) is 0 Å². The van der Waals surface area contributed by atoms with Crippen LogP contribution < -0.4 is 10.6 Å². The van der Waals surface area contributed by atoms with Crippen LogP contribution >= 0.6 is 0 Å². The predicted molar refractivity (Wildman–Crippen MR) is 106 cm³/mol. The summed E-state index contributed by atoms with van der Waals surface area (Å²) in [5.41, 5.74) is 5.37. The summed E-state index contributed by atoms with van der Waals surface area (Å²) in [5.74, 6) is -1.31. The summed E-state index contributed by atoms with van der Waals surface area (Å²) in [7, 11) is 0. The van der Waals surface area contributed by atoms with Gasteiger partial charge in [0.25, 0.3) is 23.6 Å². The van der Waals surface area contributed by atoms with Crippen molar-refractivity contribution in [3.05, 3.63) is 84.0 Å². The van der Waals surface area contributed by atoms with E-state index in [0.29, 0.717) is 0 Å². The van der Waals surface area contributed by atoms with Crippen LogP contribution in [0.15, 0.2) is 72.8 Å². The number of benzene rings is 2. The number of hydrogen-bond acceptors (Lipinski definition) is 4. The van der Waals surface area contributed by atoms with Crippen molar-refractivity contribution >= 4 is 23.6 Å². The average molecular weight is 376 g/mol. The SMILES string of the molecule is Cc1cccc(-c2ccccc2)c1C.O=C1C=CC(=O)N1.O=C1C=CC(=O)N1. The van der Waals surface area contributed by atoms with E-state index in [1.165, 1.54) is 46.6 Å². The summed E-state index contributed by atoms with van der Waals surface area (Å²) in [6, 6.07) is 17.0. The minimum absolute atomic E-state index is 0.329. The van der Waals surface area contributed by atoms with E-state index in [9.17, 15) is 19.2 Å². The molecule has 0 aliphatic carbocycles. The zero-order valence-corrected chi connectivity index (χ0v) is 15.6. The zero-order chi connectivity index (χ0) is 20.5. The third kappa shape index (κ3) is 6.17. The lowest BCUT2D eigenvalue weighted by molar-refractivity contribution is -0.125. The van der Waals surface area contributed by atoms with Crippen LogP contribution in [0.1, 0.15) is 11.1 Å². The molecule has 4 rings (SSSR count). The van der Waals surface area contributed by atoms with Gasteiger partial charge in [0.05, 0.1) is 0 Å². The second-order valence-corrected chi connectivity index (χ2v) is 5.99. The highest BCUT2D eigenvalue weighted by atomic mass is 16.2. The lowest BCUT2D eigenvalue weighted by atomic mass is 9.97. The number of aryl methyl sites for hydroxylation is 1. The third-order valence-electron chi connectivity index (χ3n) is 3.95. The first kappa shape index (κ1) is 20.5. The van der Waals surface area contributed by atoms with Gasteiger partial charge in [-0.2, -0.15) is 0 Å². The lowest BCUT2D eigenvalue weighted by Gasteiger charge is -2.07. The Bertz CT molecular complexity index is 892. The fourth-order valence-electron chi connectivity index (χ4n) is 2.39. The molecule has 0 saturated heterocycles. The van der Waals surface area contributed by atoms with Crippen molar-refractivity contribution in [2.24, 2.45) is 0 Å². The molecule has 0 saturated carbocycles. The maximum atomic E-state index is 10.0. The quantitative estimate of drug-likeness (QED) is 0.748. The van der Waals surface area contributed by atoms with E-state index >= 15 is 0 Å². The Morgan fingerprint density at radius 1 is 0.571 bits per heavy atom. The molecule has 0 fully saturated rings. The van der Waals surface area contributed by atoms with Crippen LogP contribution in [0.2, 0.25) is 0 Å². The minimum atomic E-state index is -0.329. The molecule has 2 aliphatic rings. The highest BCUT2D eigenvalue weighted by Crippen LogP contribution is 2.24. The van der Waals surface area contributed by atoms with Gasteiger partial charge in [-0.25, -0.2) is 0 Å². The second-order valence-electron chi connectivity index (χ2n) is 5.99. The van der Waals surface area contributed by atoms with Crippen LogP contribution in [-0.2, 0) is 19.2 Å². The van der Waals surface area contributed by atoms with E-state index in [4.69, 9.17) is 0 Å². The van der Waals surface area contributed by atoms with Gasteiger partial charge >= 0.3 is 0 Å². The van der Waals surface area contributed by atoms with Crippen molar-refractivity contribution in [3.63, 3.8) is 0 Å². The Labute approximate surface area is 163 Å². The van der Waals surface area contributed by atoms with E-state index in [2.05, 4.69) is 62.4 Å². The van der Waals surface area contributed by atoms with Crippen molar-refractivity contribution in [2.45, 2.75) is 13.8 Å². The summed E-state index contributed by atoms with van der Waals surface area (Å²) >= 11 is 0. The summed E-state index contributed by atoms with van der Waals surface area (Å²) in [6.07, 6.45) is 4.79. The molecule has 2 aromatic rings. The Morgan fingerprint density at radius 2 is 1.04 bits per heavy atom. The van der Waals surface area contributed by atoms with E-state index < -0.39 is 0 Å². The van der Waals surface area contributed by atoms with Gasteiger partial charge in [-0.15, -0.1) is 0 Å². The Hall–Kier alpha value is -3.80. The highest BCUT2D eigenvalue weighted by molar-refractivity contribution is 6.13. The number of hydrogen-bond donors (Lipinski definition) is 2. The second kappa shape index (κ2) is 9.78. The van der Waals surface area contributed by atoms with E-state index in [1.54, 1.807) is 0 Å². The molecule has 142 valence electrons. The van der Waals surface area contributed by atoms with Crippen LogP contribution in [0.3, 0.4) is 0 Å². The van der Waals surface area contributed by atoms with E-state index in [-0.39, 0.29) is 23.6 Å². The number of imide groups is 2. The molecule has 2 N–H and O–H groups in total. The molecule has 28 heavy (non-hydrogen) atoms. The fourth-order valence-corrected chi connectivity index (χ4v) is 2.39. The summed E-state index contributed by atoms with van der Waals surface area (Å²) in [5, 5.41) is 4.06. The van der Waals surface area contributed by atoms with Gasteiger partial charge in [-0.05, 0) is 36.1 Å². The standard InChI is InChI=1S/C14H14.2C4H3NO2/c1-11-7-6-10-14(12(11)2)13-8-4-3-5-9-13;2*6-3-1-2-4(7)5-3/h3-10H,1-2H3;2*1-2H,(H,5,6,7). The van der Waals surface area contributed by atoms with Crippen LogP contribution in [0, 0.1) is 13.8 Å². The topological polar surface area (TPSA) is 92.3 Å². The predicted octanol–water partition coefficient (Wildman–Crippen LogP) is 2.37. The van der Waals surface area contributed by atoms with Crippen molar-refractivity contribution in [2.75, 3.05) is 0 Å². The van der Waals surface area contributed by atoms with Crippen molar-refractivity contribution in [1.82, 2.24) is 10.6 Å². The Balaban J connectivity index is 0.000000168. The first-order chi connectivity index (χ1) is 13.4. The molecule has 0 unspecified atom stereocenters. The lowest BCUT2D eigenvalue weighted by Crippen LogP contribution is -2.19. The number of rotatable bonds is 1. The Kier molecular flexibility index (Phi) is 7.16. The molecule has 2 heterocycles. The normalized spacial score (nSPS) is 13.9. The summed E-state index contributed by atoms with van der Waals surface area (Å²) in [6.45, 7) is 4.33. The largest absolute Gasteiger partial charge is 0.289 e. The molecular weight excluding hydrogens is 356 g/mol. The van der Waals surface area contributed by atoms with Crippen LogP contribution in [0.25, 0.3) is 11.1 Å². The van der Waals surface area contributed by atoms with Crippen LogP contribution in [-0.4, -0.2) is 23.6 Å². The molecular formula is C22H20N2O4. The molecule has 0 aromatic heterocycles. The van der Waals surface area contributed by atoms with Gasteiger partial charge < -0.3 is 0 Å². The minimum Gasteiger partial charge on any atom is -0.289 e. The average Bonchev–Trinajstić information content (AvgIpc) is 3.25. The fraction of sp³-hybridized carbons (Fsp3) is 0.0909. The zero-order valence-electron chi connectivity index (χ0n) is 15.6. The molecule has 0 bridgehead atoms. The number of carbonyl (C=O) groups excluding carboxylic acids is 4. The van der Waals surface area contributed by atoms with Crippen molar-refractivity contribution in [3.8, 4) is 11.1 Å². The monoisotopic (exact) mass is 376 g/mol. The van der Waals surface area contributed by atoms with Crippen molar-refractivity contribution in [1.29, 1.82) is 0 Å². The maximum absolute atomic E-state index is 10.0. The van der Waals surface area contributed by atoms with Crippen LogP contribution in [0.4, 0.5) is 0 Å². The van der Waals surface area contributed by atoms with Crippen LogP contribution in [0.5, 0.6) is 0 Å². The third-order valence-corrected chi connectivity index (χ3v) is 3.95. The molecule has 2 aliphatic heterocycles. The Morgan fingerprint density at radius 3 is 1.43 bits per heavy atom. The smallest absolute Gasteiger partial charge is 0.250 e. The maximum Gasteiger partial charge on any atom is 0.250 e. The summed E-state index contributed by atoms with van der Waals surface area (Å²) in [4.78, 5) is 40.1. The molecule has 6 nitrogen and oxygen atoms in total. The van der Waals surface area contributed by atoms with Crippen molar-refractivity contribution < 1.29 is 19.2 Å².